The lowest BCUT2D eigenvalue weighted by molar-refractivity contribution is 0.249. The average molecular weight is 347 g/mol. The number of carbonyl (C=O) groups is 1. The van der Waals surface area contributed by atoms with E-state index in [9.17, 15) is 13.6 Å². The average Bonchev–Trinajstić information content (AvgIpc) is 3.03. The highest BCUT2D eigenvalue weighted by molar-refractivity contribution is 5.89. The van der Waals surface area contributed by atoms with Crippen LogP contribution in [0.25, 0.3) is 0 Å². The van der Waals surface area contributed by atoms with Crippen molar-refractivity contribution in [1.29, 1.82) is 0 Å². The van der Waals surface area contributed by atoms with Gasteiger partial charge in [-0.2, -0.15) is 0 Å². The molecule has 0 bridgehead atoms. The summed E-state index contributed by atoms with van der Waals surface area (Å²) in [7, 11) is 0. The minimum Gasteiger partial charge on any atom is -0.367 e. The van der Waals surface area contributed by atoms with E-state index in [-0.39, 0.29) is 12.1 Å². The van der Waals surface area contributed by atoms with Gasteiger partial charge < -0.3 is 15.5 Å². The van der Waals surface area contributed by atoms with Crippen LogP contribution in [0.3, 0.4) is 0 Å². The third-order valence-corrected chi connectivity index (χ3v) is 4.05. The number of hydrogen-bond acceptors (Lipinski definition) is 4. The first-order valence-electron chi connectivity index (χ1n) is 8.13. The molecule has 25 heavy (non-hydrogen) atoms. The molecular formula is C17H19F2N5O. The first kappa shape index (κ1) is 17.1. The van der Waals surface area contributed by atoms with Crippen LogP contribution in [0.1, 0.15) is 19.2 Å². The Morgan fingerprint density at radius 3 is 2.76 bits per heavy atom. The lowest BCUT2D eigenvalue weighted by atomic mass is 10.2. The molecule has 0 saturated carbocycles. The van der Waals surface area contributed by atoms with E-state index in [2.05, 4.69) is 20.6 Å². The molecule has 3 rings (SSSR count). The number of carbonyl (C=O) groups excluding carboxylic acids is 1. The Morgan fingerprint density at radius 1 is 1.32 bits per heavy atom. The highest BCUT2D eigenvalue weighted by atomic mass is 19.1. The molecular weight excluding hydrogens is 328 g/mol. The zero-order chi connectivity index (χ0) is 17.8. The molecule has 1 saturated heterocycles. The summed E-state index contributed by atoms with van der Waals surface area (Å²) in [6, 6.07) is 3.02. The third-order valence-electron chi connectivity index (χ3n) is 4.05. The summed E-state index contributed by atoms with van der Waals surface area (Å²) in [5.74, 6) is -0.497. The van der Waals surface area contributed by atoms with Gasteiger partial charge >= 0.3 is 6.03 Å². The number of benzene rings is 1. The van der Waals surface area contributed by atoms with Gasteiger partial charge in [0.15, 0.2) is 0 Å². The van der Waals surface area contributed by atoms with Gasteiger partial charge in [-0.05, 0) is 18.6 Å². The Balaban J connectivity index is 1.54. The number of urea groups is 1. The minimum absolute atomic E-state index is 0.125. The van der Waals surface area contributed by atoms with Gasteiger partial charge in [0.05, 0.1) is 23.8 Å². The Morgan fingerprint density at radius 2 is 2.08 bits per heavy atom. The quantitative estimate of drug-likeness (QED) is 0.892. The van der Waals surface area contributed by atoms with E-state index in [1.807, 2.05) is 6.92 Å². The smallest absolute Gasteiger partial charge is 0.319 e. The molecule has 2 amide bonds. The molecule has 2 heterocycles. The molecule has 0 radical (unpaired) electrons. The number of amides is 2. The van der Waals surface area contributed by atoms with E-state index in [4.69, 9.17) is 0 Å². The number of anilines is 2. The minimum atomic E-state index is -0.606. The summed E-state index contributed by atoms with van der Waals surface area (Å²) in [5, 5.41) is 5.52. The van der Waals surface area contributed by atoms with Gasteiger partial charge in [-0.3, -0.25) is 0 Å². The number of rotatable bonds is 4. The monoisotopic (exact) mass is 347 g/mol. The summed E-state index contributed by atoms with van der Waals surface area (Å²) in [6.07, 6.45) is 4.51. The summed E-state index contributed by atoms with van der Waals surface area (Å²) < 4.78 is 26.8. The summed E-state index contributed by atoms with van der Waals surface area (Å²) in [5.41, 5.74) is 0.851. The maximum Gasteiger partial charge on any atom is 0.319 e. The lowest BCUT2D eigenvalue weighted by Gasteiger charge is -2.19. The molecule has 0 spiro atoms. The van der Waals surface area contributed by atoms with Crippen molar-refractivity contribution in [2.24, 2.45) is 0 Å². The zero-order valence-electron chi connectivity index (χ0n) is 13.8. The van der Waals surface area contributed by atoms with Crippen LogP contribution in [0.4, 0.5) is 25.0 Å². The van der Waals surface area contributed by atoms with Crippen LogP contribution in [0, 0.1) is 11.6 Å². The molecule has 2 N–H and O–H groups in total. The first-order valence-corrected chi connectivity index (χ1v) is 8.13. The Bertz CT molecular complexity index is 753. The predicted octanol–water partition coefficient (Wildman–Crippen LogP) is 2.72. The van der Waals surface area contributed by atoms with E-state index in [0.29, 0.717) is 36.7 Å². The highest BCUT2D eigenvalue weighted by Crippen LogP contribution is 2.24. The number of hydrogen-bond donors (Lipinski definition) is 2. The number of nitrogens with zero attached hydrogens (tertiary/aromatic N) is 3. The van der Waals surface area contributed by atoms with Crippen molar-refractivity contribution in [2.75, 3.05) is 23.3 Å². The molecule has 2 aromatic rings. The standard InChI is InChI=1S/C17H19F2N5O/c1-2-16-20-8-13(9-21-16)23-17(25)22-12-5-6-24(10-12)15-4-3-11(18)7-14(15)19/h3-4,7-9,12H,2,5-6,10H2,1H3,(H2,22,23,25). The van der Waals surface area contributed by atoms with Gasteiger partial charge in [-0.1, -0.05) is 6.92 Å². The fourth-order valence-electron chi connectivity index (χ4n) is 2.79. The topological polar surface area (TPSA) is 70.2 Å². The number of nitrogens with one attached hydrogen (secondary N) is 2. The van der Waals surface area contributed by atoms with Crippen LogP contribution in [-0.2, 0) is 6.42 Å². The van der Waals surface area contributed by atoms with Crippen molar-refractivity contribution in [3.63, 3.8) is 0 Å². The fraction of sp³-hybridized carbons (Fsp3) is 0.353. The van der Waals surface area contributed by atoms with Crippen molar-refractivity contribution in [3.8, 4) is 0 Å². The van der Waals surface area contributed by atoms with Crippen molar-refractivity contribution >= 4 is 17.4 Å². The molecule has 0 aliphatic carbocycles. The normalized spacial score (nSPS) is 16.8. The molecule has 1 unspecified atom stereocenters. The SMILES string of the molecule is CCc1ncc(NC(=O)NC2CCN(c3ccc(F)cc3F)C2)cn1. The second kappa shape index (κ2) is 7.42. The number of aromatic nitrogens is 2. The summed E-state index contributed by atoms with van der Waals surface area (Å²) in [6.45, 7) is 2.99. The van der Waals surface area contributed by atoms with Crippen molar-refractivity contribution in [3.05, 3.63) is 48.1 Å². The van der Waals surface area contributed by atoms with Crippen molar-refractivity contribution < 1.29 is 13.6 Å². The Kier molecular flexibility index (Phi) is 5.06. The van der Waals surface area contributed by atoms with E-state index in [1.165, 1.54) is 12.1 Å². The second-order valence-electron chi connectivity index (χ2n) is 5.87. The second-order valence-corrected chi connectivity index (χ2v) is 5.87. The van der Waals surface area contributed by atoms with Gasteiger partial charge in [0.1, 0.15) is 17.5 Å². The lowest BCUT2D eigenvalue weighted by Crippen LogP contribution is -2.39. The molecule has 1 atom stereocenters. The maximum atomic E-state index is 13.8. The van der Waals surface area contributed by atoms with Crippen LogP contribution < -0.4 is 15.5 Å². The zero-order valence-corrected chi connectivity index (χ0v) is 13.8. The molecule has 1 aliphatic heterocycles. The Labute approximate surface area is 144 Å². The van der Waals surface area contributed by atoms with Gasteiger partial charge in [0, 0.05) is 31.6 Å². The van der Waals surface area contributed by atoms with Crippen LogP contribution in [0.2, 0.25) is 0 Å². The number of aryl methyl sites for hydroxylation is 1. The molecule has 8 heteroatoms. The van der Waals surface area contributed by atoms with Crippen LogP contribution in [0.5, 0.6) is 0 Å². The van der Waals surface area contributed by atoms with Gasteiger partial charge in [0.2, 0.25) is 0 Å². The largest absolute Gasteiger partial charge is 0.367 e. The number of halogens is 2. The predicted molar refractivity (Wildman–Crippen MR) is 90.5 cm³/mol. The summed E-state index contributed by atoms with van der Waals surface area (Å²) >= 11 is 0. The molecule has 1 aromatic heterocycles. The molecule has 1 aliphatic rings. The van der Waals surface area contributed by atoms with E-state index < -0.39 is 11.6 Å². The molecule has 132 valence electrons. The van der Waals surface area contributed by atoms with Crippen LogP contribution in [-0.4, -0.2) is 35.1 Å². The van der Waals surface area contributed by atoms with E-state index >= 15 is 0 Å². The van der Waals surface area contributed by atoms with Crippen LogP contribution >= 0.6 is 0 Å². The van der Waals surface area contributed by atoms with Gasteiger partial charge in [-0.25, -0.2) is 23.5 Å². The maximum absolute atomic E-state index is 13.8. The van der Waals surface area contributed by atoms with Crippen LogP contribution in [0.15, 0.2) is 30.6 Å². The van der Waals surface area contributed by atoms with E-state index in [0.717, 1.165) is 12.5 Å². The first-order chi connectivity index (χ1) is 12.0. The molecule has 1 fully saturated rings. The van der Waals surface area contributed by atoms with Gasteiger partial charge in [0.25, 0.3) is 0 Å². The molecule has 1 aromatic carbocycles. The van der Waals surface area contributed by atoms with Gasteiger partial charge in [-0.15, -0.1) is 0 Å². The van der Waals surface area contributed by atoms with E-state index in [1.54, 1.807) is 17.3 Å². The third kappa shape index (κ3) is 4.20. The van der Waals surface area contributed by atoms with Crippen molar-refractivity contribution in [1.82, 2.24) is 15.3 Å². The highest BCUT2D eigenvalue weighted by Gasteiger charge is 2.26. The fourth-order valence-corrected chi connectivity index (χ4v) is 2.79. The Hall–Kier alpha value is -2.77. The summed E-state index contributed by atoms with van der Waals surface area (Å²) in [4.78, 5) is 22.1. The van der Waals surface area contributed by atoms with Crippen molar-refractivity contribution in [2.45, 2.75) is 25.8 Å². The molecule has 6 nitrogen and oxygen atoms in total.